The molecule has 0 unspecified atom stereocenters. The highest BCUT2D eigenvalue weighted by Gasteiger charge is 2.03. The first-order valence-electron chi connectivity index (χ1n) is 4.28. The van der Waals surface area contributed by atoms with Gasteiger partial charge in [0.05, 0.1) is 7.11 Å². The van der Waals surface area contributed by atoms with E-state index in [0.29, 0.717) is 6.61 Å². The largest absolute Gasteiger partial charge is 0.493 e. The Morgan fingerprint density at radius 1 is 1.43 bits per heavy atom. The van der Waals surface area contributed by atoms with E-state index < -0.39 is 0 Å². The number of alkyl halides is 1. The maximum Gasteiger partial charge on any atom is 0.161 e. The Bertz CT molecular complexity index is 310. The molecule has 1 aromatic carbocycles. The lowest BCUT2D eigenvalue weighted by atomic mass is 10.2. The second kappa shape index (κ2) is 5.70. The second-order valence-electron chi connectivity index (χ2n) is 2.72. The van der Waals surface area contributed by atoms with Gasteiger partial charge in [-0.25, -0.2) is 0 Å². The van der Waals surface area contributed by atoms with E-state index in [9.17, 15) is 0 Å². The lowest BCUT2D eigenvalue weighted by Crippen LogP contribution is -1.96. The summed E-state index contributed by atoms with van der Waals surface area (Å²) in [5.41, 5.74) is 1.16. The number of rotatable bonds is 5. The molecule has 0 spiro atoms. The average Bonchev–Trinajstić information content (AvgIpc) is 2.26. The van der Waals surface area contributed by atoms with E-state index in [1.54, 1.807) is 13.2 Å². The molecule has 0 amide bonds. The molecule has 1 rings (SSSR count). The van der Waals surface area contributed by atoms with Crippen molar-refractivity contribution in [2.75, 3.05) is 13.7 Å². The van der Waals surface area contributed by atoms with Crippen LogP contribution in [0.15, 0.2) is 30.9 Å². The summed E-state index contributed by atoms with van der Waals surface area (Å²) in [5, 5.41) is 0.811. The number of benzene rings is 1. The average molecular weight is 257 g/mol. The van der Waals surface area contributed by atoms with Gasteiger partial charge in [0.25, 0.3) is 0 Å². The van der Waals surface area contributed by atoms with Crippen LogP contribution in [0.5, 0.6) is 11.5 Å². The van der Waals surface area contributed by atoms with E-state index in [2.05, 4.69) is 22.5 Å². The first-order chi connectivity index (χ1) is 6.81. The molecule has 2 nitrogen and oxygen atoms in total. The third-order valence-electron chi connectivity index (χ3n) is 1.74. The summed E-state index contributed by atoms with van der Waals surface area (Å²) in [6.45, 7) is 4.08. The smallest absolute Gasteiger partial charge is 0.161 e. The quantitative estimate of drug-likeness (QED) is 0.596. The number of ether oxygens (including phenoxy) is 2. The van der Waals surface area contributed by atoms with Gasteiger partial charge in [0, 0.05) is 5.33 Å². The second-order valence-corrected chi connectivity index (χ2v) is 3.28. The highest BCUT2D eigenvalue weighted by Crippen LogP contribution is 2.28. The normalized spacial score (nSPS) is 9.57. The molecule has 0 saturated carbocycles. The van der Waals surface area contributed by atoms with Gasteiger partial charge >= 0.3 is 0 Å². The molecule has 0 saturated heterocycles. The van der Waals surface area contributed by atoms with Gasteiger partial charge in [0.2, 0.25) is 0 Å². The maximum absolute atomic E-state index is 5.42. The molecule has 0 heterocycles. The zero-order valence-electron chi connectivity index (χ0n) is 8.13. The Balaban J connectivity index is 2.87. The highest BCUT2D eigenvalue weighted by atomic mass is 79.9. The van der Waals surface area contributed by atoms with Gasteiger partial charge in [-0.05, 0) is 17.7 Å². The van der Waals surface area contributed by atoms with Crippen molar-refractivity contribution in [3.63, 3.8) is 0 Å². The minimum absolute atomic E-state index is 0.490. The van der Waals surface area contributed by atoms with Crippen molar-refractivity contribution in [1.29, 1.82) is 0 Å². The Hall–Kier alpha value is -0.960. The molecule has 14 heavy (non-hydrogen) atoms. The molecule has 0 fully saturated rings. The fourth-order valence-electron chi connectivity index (χ4n) is 1.06. The fourth-order valence-corrected chi connectivity index (χ4v) is 1.41. The van der Waals surface area contributed by atoms with Crippen molar-refractivity contribution in [3.8, 4) is 11.5 Å². The predicted octanol–water partition coefficient (Wildman–Crippen LogP) is 3.15. The molecule has 0 aliphatic carbocycles. The number of hydrogen-bond donors (Lipinski definition) is 0. The monoisotopic (exact) mass is 256 g/mol. The summed E-state index contributed by atoms with van der Waals surface area (Å²) in [7, 11) is 1.63. The minimum Gasteiger partial charge on any atom is -0.493 e. The molecule has 0 radical (unpaired) electrons. The number of hydrogen-bond acceptors (Lipinski definition) is 2. The van der Waals surface area contributed by atoms with E-state index in [4.69, 9.17) is 9.47 Å². The fraction of sp³-hybridized carbons (Fsp3) is 0.273. The Kier molecular flexibility index (Phi) is 4.53. The summed E-state index contributed by atoms with van der Waals surface area (Å²) < 4.78 is 10.6. The van der Waals surface area contributed by atoms with E-state index >= 15 is 0 Å². The lowest BCUT2D eigenvalue weighted by molar-refractivity contribution is 0.326. The maximum atomic E-state index is 5.42. The molecular weight excluding hydrogens is 244 g/mol. The van der Waals surface area contributed by atoms with E-state index in [-0.39, 0.29) is 0 Å². The Labute approximate surface area is 92.7 Å². The van der Waals surface area contributed by atoms with Crippen LogP contribution in [0.2, 0.25) is 0 Å². The van der Waals surface area contributed by atoms with Gasteiger partial charge in [0.15, 0.2) is 11.5 Å². The van der Waals surface area contributed by atoms with Crippen molar-refractivity contribution in [1.82, 2.24) is 0 Å². The van der Waals surface area contributed by atoms with Crippen molar-refractivity contribution in [2.24, 2.45) is 0 Å². The summed E-state index contributed by atoms with van der Waals surface area (Å²) in [6, 6.07) is 5.85. The van der Waals surface area contributed by atoms with E-state index in [1.807, 2.05) is 18.2 Å². The topological polar surface area (TPSA) is 18.5 Å². The zero-order valence-corrected chi connectivity index (χ0v) is 9.71. The van der Waals surface area contributed by atoms with Gasteiger partial charge in [-0.1, -0.05) is 34.7 Å². The standard InChI is InChI=1S/C11H13BrO2/c1-3-6-14-10-5-4-9(8-12)7-11(10)13-2/h3-5,7H,1,6,8H2,2H3. The van der Waals surface area contributed by atoms with Crippen LogP contribution in [0.25, 0.3) is 0 Å². The predicted molar refractivity (Wildman–Crippen MR) is 61.3 cm³/mol. The SMILES string of the molecule is C=CCOc1ccc(CBr)cc1OC. The first kappa shape index (κ1) is 11.1. The summed E-state index contributed by atoms with van der Waals surface area (Å²) in [4.78, 5) is 0. The van der Waals surface area contributed by atoms with Crippen molar-refractivity contribution in [2.45, 2.75) is 5.33 Å². The van der Waals surface area contributed by atoms with E-state index in [1.165, 1.54) is 0 Å². The third kappa shape index (κ3) is 2.77. The first-order valence-corrected chi connectivity index (χ1v) is 5.40. The summed E-state index contributed by atoms with van der Waals surface area (Å²) in [6.07, 6.45) is 1.71. The molecule has 0 aromatic heterocycles. The lowest BCUT2D eigenvalue weighted by Gasteiger charge is -2.09. The van der Waals surface area contributed by atoms with Gasteiger partial charge < -0.3 is 9.47 Å². The highest BCUT2D eigenvalue weighted by molar-refractivity contribution is 9.08. The van der Waals surface area contributed by atoms with Crippen molar-refractivity contribution in [3.05, 3.63) is 36.4 Å². The molecule has 0 atom stereocenters. The van der Waals surface area contributed by atoms with Crippen LogP contribution in [0.4, 0.5) is 0 Å². The molecule has 0 aliphatic heterocycles. The number of methoxy groups -OCH3 is 1. The Morgan fingerprint density at radius 2 is 2.21 bits per heavy atom. The minimum atomic E-state index is 0.490. The third-order valence-corrected chi connectivity index (χ3v) is 2.39. The Morgan fingerprint density at radius 3 is 2.79 bits per heavy atom. The van der Waals surface area contributed by atoms with Crippen molar-refractivity contribution >= 4 is 15.9 Å². The molecule has 76 valence electrons. The van der Waals surface area contributed by atoms with Crippen LogP contribution < -0.4 is 9.47 Å². The number of halogens is 1. The molecule has 3 heteroatoms. The molecule has 0 N–H and O–H groups in total. The van der Waals surface area contributed by atoms with Gasteiger partial charge in [0.1, 0.15) is 6.61 Å². The van der Waals surface area contributed by atoms with Crippen LogP contribution in [-0.2, 0) is 5.33 Å². The summed E-state index contributed by atoms with van der Waals surface area (Å²) >= 11 is 3.39. The summed E-state index contributed by atoms with van der Waals surface area (Å²) in [5.74, 6) is 1.50. The van der Waals surface area contributed by atoms with Gasteiger partial charge in [-0.3, -0.25) is 0 Å². The van der Waals surface area contributed by atoms with E-state index in [0.717, 1.165) is 22.4 Å². The molecule has 1 aromatic rings. The van der Waals surface area contributed by atoms with Crippen LogP contribution >= 0.6 is 15.9 Å². The van der Waals surface area contributed by atoms with Crippen LogP contribution in [0, 0.1) is 0 Å². The molecule has 0 aliphatic rings. The van der Waals surface area contributed by atoms with Gasteiger partial charge in [-0.2, -0.15) is 0 Å². The van der Waals surface area contributed by atoms with Crippen LogP contribution in [0.1, 0.15) is 5.56 Å². The van der Waals surface area contributed by atoms with Crippen LogP contribution in [-0.4, -0.2) is 13.7 Å². The molecule has 0 bridgehead atoms. The van der Waals surface area contributed by atoms with Crippen molar-refractivity contribution < 1.29 is 9.47 Å². The van der Waals surface area contributed by atoms with Crippen LogP contribution in [0.3, 0.4) is 0 Å². The van der Waals surface area contributed by atoms with Gasteiger partial charge in [-0.15, -0.1) is 0 Å². The zero-order chi connectivity index (χ0) is 10.4. The molecular formula is C11H13BrO2.